The molecule has 0 radical (unpaired) electrons. The Morgan fingerprint density at radius 2 is 2.33 bits per heavy atom. The molecule has 7 heteroatoms. The first-order chi connectivity index (χ1) is 10.1. The van der Waals surface area contributed by atoms with Crippen LogP contribution in [0.2, 0.25) is 0 Å². The molecule has 2 aliphatic rings. The standard InChI is InChI=1S/C14H20N2O4S/c1-2-19-14-12-5-6-13(14)20-9-8-16(12)21(17,18)11-4-3-7-15-10-11/h3-4,7,10,12-14H,2,5-6,8-9H2,1H3. The number of pyridine rings is 1. The maximum absolute atomic E-state index is 12.9. The van der Waals surface area contributed by atoms with Crippen LogP contribution < -0.4 is 0 Å². The molecule has 0 spiro atoms. The summed E-state index contributed by atoms with van der Waals surface area (Å²) >= 11 is 0. The topological polar surface area (TPSA) is 68.7 Å². The summed E-state index contributed by atoms with van der Waals surface area (Å²) in [5.74, 6) is 0. The molecule has 2 heterocycles. The number of ether oxygens (including phenoxy) is 2. The molecule has 116 valence electrons. The third-order valence-electron chi connectivity index (χ3n) is 4.11. The molecule has 3 atom stereocenters. The molecule has 2 fully saturated rings. The number of hydrogen-bond acceptors (Lipinski definition) is 5. The average Bonchev–Trinajstić information content (AvgIpc) is 2.75. The van der Waals surface area contributed by atoms with E-state index in [9.17, 15) is 8.42 Å². The first kappa shape index (κ1) is 14.9. The molecule has 21 heavy (non-hydrogen) atoms. The average molecular weight is 312 g/mol. The van der Waals surface area contributed by atoms with Crippen molar-refractivity contribution in [1.29, 1.82) is 0 Å². The summed E-state index contributed by atoms with van der Waals surface area (Å²) in [6.07, 6.45) is 4.40. The maximum atomic E-state index is 12.9. The molecule has 2 bridgehead atoms. The van der Waals surface area contributed by atoms with Crippen molar-refractivity contribution < 1.29 is 17.9 Å². The van der Waals surface area contributed by atoms with Gasteiger partial charge in [0.2, 0.25) is 10.0 Å². The molecule has 0 amide bonds. The van der Waals surface area contributed by atoms with Crippen LogP contribution in [0.4, 0.5) is 0 Å². The zero-order chi connectivity index (χ0) is 14.9. The van der Waals surface area contributed by atoms with E-state index in [4.69, 9.17) is 9.47 Å². The van der Waals surface area contributed by atoms with Crippen LogP contribution >= 0.6 is 0 Å². The van der Waals surface area contributed by atoms with Crippen LogP contribution in [-0.2, 0) is 19.5 Å². The van der Waals surface area contributed by atoms with Crippen molar-refractivity contribution in [2.75, 3.05) is 19.8 Å². The Kier molecular flexibility index (Phi) is 4.26. The Morgan fingerprint density at radius 1 is 1.48 bits per heavy atom. The highest BCUT2D eigenvalue weighted by Gasteiger charge is 2.47. The largest absolute Gasteiger partial charge is 0.374 e. The molecule has 0 N–H and O–H groups in total. The number of aromatic nitrogens is 1. The second-order valence-corrected chi connectivity index (χ2v) is 7.17. The van der Waals surface area contributed by atoms with Crippen LogP contribution in [-0.4, -0.2) is 55.7 Å². The summed E-state index contributed by atoms with van der Waals surface area (Å²) < 4.78 is 38.8. The van der Waals surface area contributed by atoms with Gasteiger partial charge in [0.05, 0.1) is 18.8 Å². The predicted molar refractivity (Wildman–Crippen MR) is 76.3 cm³/mol. The van der Waals surface area contributed by atoms with Crippen molar-refractivity contribution >= 4 is 10.0 Å². The van der Waals surface area contributed by atoms with Gasteiger partial charge in [-0.05, 0) is 31.9 Å². The van der Waals surface area contributed by atoms with Gasteiger partial charge in [-0.2, -0.15) is 4.31 Å². The summed E-state index contributed by atoms with van der Waals surface area (Å²) in [6.45, 7) is 3.25. The summed E-state index contributed by atoms with van der Waals surface area (Å²) in [4.78, 5) is 4.14. The van der Waals surface area contributed by atoms with E-state index in [-0.39, 0.29) is 23.1 Å². The lowest BCUT2D eigenvalue weighted by molar-refractivity contribution is -0.0470. The third kappa shape index (κ3) is 2.70. The monoisotopic (exact) mass is 312 g/mol. The fraction of sp³-hybridized carbons (Fsp3) is 0.643. The lowest BCUT2D eigenvalue weighted by atomic mass is 10.2. The highest BCUT2D eigenvalue weighted by molar-refractivity contribution is 7.89. The quantitative estimate of drug-likeness (QED) is 0.831. The summed E-state index contributed by atoms with van der Waals surface area (Å²) in [7, 11) is -3.56. The highest BCUT2D eigenvalue weighted by Crippen LogP contribution is 2.34. The van der Waals surface area contributed by atoms with Gasteiger partial charge < -0.3 is 9.47 Å². The number of nitrogens with zero attached hydrogens (tertiary/aromatic N) is 2. The van der Waals surface area contributed by atoms with Crippen molar-refractivity contribution in [2.24, 2.45) is 0 Å². The SMILES string of the molecule is CCOC1C2CCC1N(S(=O)(=O)c1cccnc1)CCO2. The Balaban J connectivity index is 1.93. The number of hydrogen-bond donors (Lipinski definition) is 0. The molecule has 1 aromatic heterocycles. The van der Waals surface area contributed by atoms with Crippen LogP contribution in [0.3, 0.4) is 0 Å². The number of rotatable bonds is 4. The fourth-order valence-electron chi connectivity index (χ4n) is 3.20. The Hall–Kier alpha value is -1.02. The second-order valence-electron chi connectivity index (χ2n) is 5.28. The molecular formula is C14H20N2O4S. The van der Waals surface area contributed by atoms with E-state index in [1.807, 2.05) is 6.92 Å². The zero-order valence-corrected chi connectivity index (χ0v) is 12.8. The van der Waals surface area contributed by atoms with Crippen LogP contribution in [0.5, 0.6) is 0 Å². The minimum atomic E-state index is -3.56. The summed E-state index contributed by atoms with van der Waals surface area (Å²) in [5, 5.41) is 0. The summed E-state index contributed by atoms with van der Waals surface area (Å²) in [5.41, 5.74) is 0. The van der Waals surface area contributed by atoms with Crippen LogP contribution in [0.25, 0.3) is 0 Å². The molecule has 6 nitrogen and oxygen atoms in total. The number of fused-ring (bicyclic) bond motifs is 2. The minimum Gasteiger partial charge on any atom is -0.374 e. The van der Waals surface area contributed by atoms with Crippen LogP contribution in [0.1, 0.15) is 19.8 Å². The zero-order valence-electron chi connectivity index (χ0n) is 12.0. The van der Waals surface area contributed by atoms with Crippen LogP contribution in [0, 0.1) is 0 Å². The lowest BCUT2D eigenvalue weighted by Crippen LogP contribution is -2.46. The predicted octanol–water partition coefficient (Wildman–Crippen LogP) is 1.04. The van der Waals surface area contributed by atoms with E-state index >= 15 is 0 Å². The molecule has 1 aliphatic heterocycles. The van der Waals surface area contributed by atoms with Crippen LogP contribution in [0.15, 0.2) is 29.4 Å². The second kappa shape index (κ2) is 6.00. The molecular weight excluding hydrogens is 292 g/mol. The minimum absolute atomic E-state index is 0.00375. The van der Waals surface area contributed by atoms with E-state index in [0.29, 0.717) is 19.8 Å². The highest BCUT2D eigenvalue weighted by atomic mass is 32.2. The van der Waals surface area contributed by atoms with E-state index in [1.165, 1.54) is 10.5 Å². The van der Waals surface area contributed by atoms with E-state index < -0.39 is 10.0 Å². The van der Waals surface area contributed by atoms with Gasteiger partial charge in [-0.25, -0.2) is 8.42 Å². The van der Waals surface area contributed by atoms with Crippen molar-refractivity contribution in [1.82, 2.24) is 9.29 Å². The summed E-state index contributed by atoms with van der Waals surface area (Å²) in [6, 6.07) is 3.07. The maximum Gasteiger partial charge on any atom is 0.245 e. The van der Waals surface area contributed by atoms with Crippen molar-refractivity contribution in [3.05, 3.63) is 24.5 Å². The first-order valence-corrected chi connectivity index (χ1v) is 8.73. The van der Waals surface area contributed by atoms with Crippen molar-refractivity contribution in [3.63, 3.8) is 0 Å². The molecule has 3 rings (SSSR count). The number of sulfonamides is 1. The molecule has 1 aromatic rings. The van der Waals surface area contributed by atoms with Gasteiger partial charge in [0.15, 0.2) is 0 Å². The fourth-order valence-corrected chi connectivity index (χ4v) is 4.81. The Bertz CT molecular complexity index is 578. The van der Waals surface area contributed by atoms with E-state index in [0.717, 1.165) is 12.8 Å². The van der Waals surface area contributed by atoms with Crippen molar-refractivity contribution in [3.8, 4) is 0 Å². The third-order valence-corrected chi connectivity index (χ3v) is 6.01. The van der Waals surface area contributed by atoms with Gasteiger partial charge in [-0.15, -0.1) is 0 Å². The molecule has 1 saturated carbocycles. The van der Waals surface area contributed by atoms with Gasteiger partial charge in [-0.3, -0.25) is 4.98 Å². The van der Waals surface area contributed by atoms with Gasteiger partial charge >= 0.3 is 0 Å². The van der Waals surface area contributed by atoms with Gasteiger partial charge in [-0.1, -0.05) is 0 Å². The molecule has 0 aromatic carbocycles. The Morgan fingerprint density at radius 3 is 3.05 bits per heavy atom. The van der Waals surface area contributed by atoms with Gasteiger partial charge in [0.25, 0.3) is 0 Å². The van der Waals surface area contributed by atoms with Gasteiger partial charge in [0.1, 0.15) is 11.0 Å². The first-order valence-electron chi connectivity index (χ1n) is 7.29. The van der Waals surface area contributed by atoms with Crippen molar-refractivity contribution in [2.45, 2.75) is 42.9 Å². The lowest BCUT2D eigenvalue weighted by Gasteiger charge is -2.30. The smallest absolute Gasteiger partial charge is 0.245 e. The molecule has 1 saturated heterocycles. The van der Waals surface area contributed by atoms with Gasteiger partial charge in [0, 0.05) is 25.5 Å². The van der Waals surface area contributed by atoms with E-state index in [1.54, 1.807) is 18.3 Å². The Labute approximate surface area is 125 Å². The van der Waals surface area contributed by atoms with E-state index in [2.05, 4.69) is 4.98 Å². The molecule has 1 aliphatic carbocycles. The normalized spacial score (nSPS) is 30.2. The molecule has 3 unspecified atom stereocenters.